The second kappa shape index (κ2) is 42.6. The number of likely N-dealkylation sites (tertiary alicyclic amines) is 3. The number of carbonyl (C=O) groups excluding carboxylic acids is 3. The number of rotatable bonds is 30. The van der Waals surface area contributed by atoms with E-state index in [-0.39, 0.29) is 125 Å². The number of nitrogens with one attached hydrogen (secondary N) is 3. The van der Waals surface area contributed by atoms with Crippen molar-refractivity contribution in [1.29, 1.82) is 0 Å². The molecule has 0 aliphatic carbocycles. The SMILES string of the molecule is CCOC(=O)C1=C(CN2CC(CN(C)CC(=O)O)CC(F)(F)C2)NC(c2nccs2)=NC1c1ccc(F)cc1Br.CCOC(=O)C1=C(CN2CC(F)CC(CN(C)CC(=O)O)C2)NC(c2nccs2)=NC1c1ccc(F)cc1Br.CCOC(=O)C1=C(CN2CC(F)CC(CN(C)CC(=O)O)C2)NC(c2nccs2)=NC1c1ccc(F)cc1Cl. The molecule has 636 valence electrons. The van der Waals surface area contributed by atoms with Crippen LogP contribution in [0, 0.1) is 35.2 Å². The molecule has 3 aromatic carbocycles. The molecule has 0 bridgehead atoms. The summed E-state index contributed by atoms with van der Waals surface area (Å²) in [6.45, 7) is 7.25. The number of carboxylic acids is 3. The van der Waals surface area contributed by atoms with Crippen LogP contribution in [0.1, 0.15) is 89.9 Å². The average molecular weight is 1850 g/mol. The Kier molecular flexibility index (Phi) is 33.2. The summed E-state index contributed by atoms with van der Waals surface area (Å²) in [6.07, 6.45) is 2.92. The molecule has 0 spiro atoms. The van der Waals surface area contributed by atoms with Crippen LogP contribution in [-0.4, -0.2) is 270 Å². The molecule has 3 saturated heterocycles. The molecule has 40 heteroatoms. The van der Waals surface area contributed by atoms with Crippen molar-refractivity contribution in [2.24, 2.45) is 32.7 Å². The minimum absolute atomic E-state index is 0.0530. The van der Waals surface area contributed by atoms with Crippen LogP contribution in [0.4, 0.5) is 30.7 Å². The zero-order chi connectivity index (χ0) is 85.2. The highest BCUT2D eigenvalue weighted by Crippen LogP contribution is 2.42. The van der Waals surface area contributed by atoms with Crippen LogP contribution in [-0.2, 0) is 43.0 Å². The lowest BCUT2D eigenvalue weighted by atomic mass is 9.92. The van der Waals surface area contributed by atoms with Gasteiger partial charge in [-0.2, -0.15) is 0 Å². The summed E-state index contributed by atoms with van der Waals surface area (Å²) < 4.78 is 118. The molecular formula is C78H89Br2ClF7N15O12S3. The first-order valence-corrected chi connectivity index (χ1v) is 42.2. The third-order valence-electron chi connectivity index (χ3n) is 19.3. The minimum atomic E-state index is -3.02. The molecule has 12 rings (SSSR count). The number of esters is 3. The molecule has 8 unspecified atom stereocenters. The molecule has 6 aliphatic heterocycles. The van der Waals surface area contributed by atoms with E-state index in [0.717, 1.165) is 6.07 Å². The first-order chi connectivity index (χ1) is 56.2. The van der Waals surface area contributed by atoms with Crippen LogP contribution >= 0.6 is 77.5 Å². The van der Waals surface area contributed by atoms with E-state index < -0.39 is 102 Å². The van der Waals surface area contributed by atoms with Gasteiger partial charge in [-0.25, -0.2) is 60.1 Å². The Balaban J connectivity index is 0.000000186. The Morgan fingerprint density at radius 1 is 0.517 bits per heavy atom. The Labute approximate surface area is 710 Å². The van der Waals surface area contributed by atoms with Gasteiger partial charge in [-0.3, -0.25) is 58.8 Å². The predicted octanol–water partition coefficient (Wildman–Crippen LogP) is 11.1. The minimum Gasteiger partial charge on any atom is -0.480 e. The van der Waals surface area contributed by atoms with E-state index in [0.29, 0.717) is 114 Å². The third-order valence-corrected chi connectivity index (χ3v) is 23.3. The topological polar surface area (TPSA) is 322 Å². The van der Waals surface area contributed by atoms with E-state index in [2.05, 4.69) is 62.8 Å². The largest absolute Gasteiger partial charge is 0.480 e. The molecule has 6 N–H and O–H groups in total. The number of amidine groups is 3. The van der Waals surface area contributed by atoms with Crippen LogP contribution in [0.2, 0.25) is 5.02 Å². The van der Waals surface area contributed by atoms with Crippen molar-refractivity contribution in [3.63, 3.8) is 0 Å². The number of piperidine rings is 3. The quantitative estimate of drug-likeness (QED) is 0.0139. The van der Waals surface area contributed by atoms with Crippen molar-refractivity contribution in [2.75, 3.05) is 139 Å². The lowest BCUT2D eigenvalue weighted by Gasteiger charge is -2.40. The van der Waals surface area contributed by atoms with Crippen molar-refractivity contribution in [3.05, 3.63) is 186 Å². The van der Waals surface area contributed by atoms with Crippen molar-refractivity contribution < 1.29 is 89.0 Å². The standard InChI is InChI=1S/C26H29BrF3N5O4S.C26H30BrF2N5O4S.C26H30ClF2N5O4S/c1-3-39-25(38)21-19(12-35-11-15(9-26(29,30)14-35)10-34(2)13-20(36)37)32-23(24-31-6-7-40-24)33-22(21)17-5-4-16(28)8-18(17)27;2*1-3-38-26(37)22-20(13-34-11-15(8-17(29)12-34)10-33(2)14-21(35)36)31-24(25-30-6-7-39-25)32-23(22)18-5-4-16(28)9-19(18)27/h4-8,15,22H,3,9-14H2,1-2H3,(H,32,33)(H,36,37);2*4-7,9,15,17,23H,3,8,10-14H2,1-2H3,(H,31,32)(H,35,36). The van der Waals surface area contributed by atoms with Crippen LogP contribution in [0.5, 0.6) is 0 Å². The summed E-state index contributed by atoms with van der Waals surface area (Å²) in [5.74, 6) is -8.75. The fourth-order valence-electron chi connectivity index (χ4n) is 15.1. The number of benzene rings is 3. The second-order valence-electron chi connectivity index (χ2n) is 29.0. The van der Waals surface area contributed by atoms with E-state index in [1.54, 1.807) is 92.0 Å². The molecule has 6 aromatic rings. The number of carboxylic acid groups (broad SMARTS) is 3. The van der Waals surface area contributed by atoms with Gasteiger partial charge in [-0.1, -0.05) is 61.7 Å². The number of ether oxygens (including phenoxy) is 3. The van der Waals surface area contributed by atoms with Gasteiger partial charge in [0.25, 0.3) is 5.92 Å². The predicted molar refractivity (Wildman–Crippen MR) is 438 cm³/mol. The van der Waals surface area contributed by atoms with Crippen molar-refractivity contribution in [3.8, 4) is 0 Å². The van der Waals surface area contributed by atoms with Gasteiger partial charge < -0.3 is 45.5 Å². The number of thiazole rings is 3. The number of alkyl halides is 4. The lowest BCUT2D eigenvalue weighted by Crippen LogP contribution is -2.51. The summed E-state index contributed by atoms with van der Waals surface area (Å²) >= 11 is 17.2. The normalized spacial score (nSPS) is 21.7. The van der Waals surface area contributed by atoms with E-state index in [9.17, 15) is 59.5 Å². The van der Waals surface area contributed by atoms with Gasteiger partial charge in [0, 0.05) is 150 Å². The van der Waals surface area contributed by atoms with Gasteiger partial charge in [-0.05, 0) is 120 Å². The number of hydrogen-bond acceptors (Lipinski definition) is 27. The van der Waals surface area contributed by atoms with E-state index in [1.807, 2.05) is 15.2 Å². The van der Waals surface area contributed by atoms with Crippen LogP contribution < -0.4 is 16.0 Å². The molecule has 3 fully saturated rings. The number of halogens is 10. The number of nitrogens with zero attached hydrogens (tertiary/aromatic N) is 12. The van der Waals surface area contributed by atoms with E-state index in [1.165, 1.54) is 81.4 Å². The van der Waals surface area contributed by atoms with Crippen LogP contribution in [0.25, 0.3) is 0 Å². The average Bonchev–Trinajstić information content (AvgIpc) is 1.01. The Bertz CT molecular complexity index is 4560. The number of aromatic nitrogens is 3. The number of likely N-dealkylation sites (N-methyl/N-ethyl adjacent to an activating group) is 3. The molecule has 0 radical (unpaired) electrons. The maximum absolute atomic E-state index is 14.9. The molecule has 8 atom stereocenters. The van der Waals surface area contributed by atoms with Gasteiger partial charge in [0.05, 0.1) is 62.7 Å². The molecular weight excluding hydrogens is 1760 g/mol. The summed E-state index contributed by atoms with van der Waals surface area (Å²) in [5.41, 5.74) is 3.36. The fourth-order valence-corrected chi connectivity index (χ4v) is 18.3. The molecule has 27 nitrogen and oxygen atoms in total. The first kappa shape index (κ1) is 91.8. The monoisotopic (exact) mass is 1850 g/mol. The smallest absolute Gasteiger partial charge is 0.338 e. The molecule has 3 aromatic heterocycles. The highest BCUT2D eigenvalue weighted by atomic mass is 79.9. The Morgan fingerprint density at radius 2 is 0.847 bits per heavy atom. The number of aliphatic carboxylic acids is 3. The van der Waals surface area contributed by atoms with Crippen LogP contribution in [0.3, 0.4) is 0 Å². The van der Waals surface area contributed by atoms with Gasteiger partial charge in [0.15, 0.2) is 32.5 Å². The summed E-state index contributed by atoms with van der Waals surface area (Å²) in [4.78, 5) is 111. The zero-order valence-corrected chi connectivity index (χ0v) is 71.4. The second-order valence-corrected chi connectivity index (χ2v) is 33.8. The molecule has 6 aliphatic rings. The maximum atomic E-state index is 14.9. The number of carbonyl (C=O) groups is 6. The van der Waals surface area contributed by atoms with Gasteiger partial charge in [0.2, 0.25) is 0 Å². The summed E-state index contributed by atoms with van der Waals surface area (Å²) in [7, 11) is 4.97. The maximum Gasteiger partial charge on any atom is 0.338 e. The molecule has 9 heterocycles. The van der Waals surface area contributed by atoms with Crippen molar-refractivity contribution in [2.45, 2.75) is 76.4 Å². The van der Waals surface area contributed by atoms with Gasteiger partial charge >= 0.3 is 35.8 Å². The van der Waals surface area contributed by atoms with E-state index >= 15 is 0 Å². The third kappa shape index (κ3) is 25.5. The summed E-state index contributed by atoms with van der Waals surface area (Å²) in [6, 6.07) is 9.47. The van der Waals surface area contributed by atoms with Gasteiger partial charge in [0.1, 0.15) is 47.9 Å². The van der Waals surface area contributed by atoms with Crippen molar-refractivity contribution >= 4 is 131 Å². The molecule has 118 heavy (non-hydrogen) atoms. The molecule has 0 saturated carbocycles. The Hall–Kier alpha value is -8.48. The number of aliphatic imine (C=N–C) groups is 3. The van der Waals surface area contributed by atoms with Crippen molar-refractivity contribution in [1.82, 2.24) is 60.3 Å². The highest BCUT2D eigenvalue weighted by molar-refractivity contribution is 9.10. The zero-order valence-electron chi connectivity index (χ0n) is 65.0. The molecule has 0 amide bonds. The van der Waals surface area contributed by atoms with Gasteiger partial charge in [-0.15, -0.1) is 34.0 Å². The fraction of sp³-hybridized carbons (Fsp3) is 0.462. The first-order valence-electron chi connectivity index (χ1n) is 37.6. The highest BCUT2D eigenvalue weighted by Gasteiger charge is 2.44. The lowest BCUT2D eigenvalue weighted by molar-refractivity contribution is -0.140. The van der Waals surface area contributed by atoms with Crippen LogP contribution in [0.15, 0.2) is 147 Å². The Morgan fingerprint density at radius 3 is 1.18 bits per heavy atom. The number of hydrogen-bond donors (Lipinski definition) is 6. The summed E-state index contributed by atoms with van der Waals surface area (Å²) in [5, 5.41) is 44.0. The van der Waals surface area contributed by atoms with E-state index in [4.69, 9.17) is 56.1 Å².